The van der Waals surface area contributed by atoms with E-state index in [0.29, 0.717) is 13.0 Å². The van der Waals surface area contributed by atoms with Crippen LogP contribution in [-0.2, 0) is 10.2 Å². The number of rotatable bonds is 6. The van der Waals surface area contributed by atoms with Crippen LogP contribution >= 0.6 is 15.9 Å². The van der Waals surface area contributed by atoms with Crippen molar-refractivity contribution in [3.63, 3.8) is 0 Å². The molecule has 0 bridgehead atoms. The van der Waals surface area contributed by atoms with Crippen molar-refractivity contribution in [1.29, 1.82) is 0 Å². The molecule has 2 N–H and O–H groups in total. The maximum atomic E-state index is 9.54. The second-order valence-electron chi connectivity index (χ2n) is 3.82. The number of ether oxygens (including phenoxy) is 1. The number of aliphatic hydroxyl groups excluding tert-OH is 2. The van der Waals surface area contributed by atoms with Crippen LogP contribution in [0.4, 0.5) is 0 Å². The van der Waals surface area contributed by atoms with Crippen molar-refractivity contribution in [3.05, 3.63) is 34.3 Å². The molecule has 0 aliphatic heterocycles. The zero-order valence-corrected chi connectivity index (χ0v) is 10.9. The lowest BCUT2D eigenvalue weighted by atomic mass is 9.79. The van der Waals surface area contributed by atoms with Gasteiger partial charge < -0.3 is 14.9 Å². The van der Waals surface area contributed by atoms with Gasteiger partial charge in [-0.05, 0) is 18.1 Å². The standard InChI is InChI=1S/C12H17BrO3/c1-16-7-6-12(8-14,9-15)10-4-2-3-5-11(10)13/h2-5,14-15H,6-9H2,1H3. The van der Waals surface area contributed by atoms with E-state index in [2.05, 4.69) is 15.9 Å². The van der Waals surface area contributed by atoms with Crippen molar-refractivity contribution < 1.29 is 14.9 Å². The van der Waals surface area contributed by atoms with E-state index in [-0.39, 0.29) is 13.2 Å². The number of hydrogen-bond donors (Lipinski definition) is 2. The first-order chi connectivity index (χ1) is 7.70. The van der Waals surface area contributed by atoms with Gasteiger partial charge in [0.05, 0.1) is 13.2 Å². The molecule has 0 aliphatic rings. The van der Waals surface area contributed by atoms with E-state index in [0.717, 1.165) is 10.0 Å². The average Bonchev–Trinajstić information content (AvgIpc) is 2.33. The number of hydrogen-bond acceptors (Lipinski definition) is 3. The fourth-order valence-corrected chi connectivity index (χ4v) is 2.41. The molecule has 0 amide bonds. The second kappa shape index (κ2) is 6.35. The fraction of sp³-hybridized carbons (Fsp3) is 0.500. The van der Waals surface area contributed by atoms with Gasteiger partial charge in [-0.15, -0.1) is 0 Å². The zero-order valence-electron chi connectivity index (χ0n) is 9.32. The molecule has 0 fully saturated rings. The highest BCUT2D eigenvalue weighted by atomic mass is 79.9. The summed E-state index contributed by atoms with van der Waals surface area (Å²) in [5.41, 5.74) is 0.271. The van der Waals surface area contributed by atoms with Crippen LogP contribution in [0, 0.1) is 0 Å². The Morgan fingerprint density at radius 3 is 2.38 bits per heavy atom. The Labute approximate surface area is 104 Å². The SMILES string of the molecule is COCCC(CO)(CO)c1ccccc1Br. The molecule has 0 aromatic heterocycles. The predicted octanol–water partition coefficient (Wildman–Crippen LogP) is 1.71. The van der Waals surface area contributed by atoms with Crippen molar-refractivity contribution in [2.75, 3.05) is 26.9 Å². The highest BCUT2D eigenvalue weighted by Gasteiger charge is 2.32. The van der Waals surface area contributed by atoms with E-state index in [4.69, 9.17) is 4.74 Å². The number of halogens is 1. The average molecular weight is 289 g/mol. The van der Waals surface area contributed by atoms with E-state index < -0.39 is 5.41 Å². The maximum Gasteiger partial charge on any atom is 0.0551 e. The lowest BCUT2D eigenvalue weighted by Crippen LogP contribution is -2.36. The van der Waals surface area contributed by atoms with Crippen LogP contribution in [0.3, 0.4) is 0 Å². The maximum absolute atomic E-state index is 9.54. The van der Waals surface area contributed by atoms with Crippen molar-refractivity contribution >= 4 is 15.9 Å². The van der Waals surface area contributed by atoms with Crippen LogP contribution in [0.15, 0.2) is 28.7 Å². The quantitative estimate of drug-likeness (QED) is 0.838. The first-order valence-electron chi connectivity index (χ1n) is 5.16. The molecule has 0 radical (unpaired) electrons. The molecular formula is C12H17BrO3. The van der Waals surface area contributed by atoms with E-state index in [1.807, 2.05) is 24.3 Å². The van der Waals surface area contributed by atoms with Gasteiger partial charge in [0.1, 0.15) is 0 Å². The molecule has 1 rings (SSSR count). The Balaban J connectivity index is 3.05. The van der Waals surface area contributed by atoms with Crippen LogP contribution in [0.1, 0.15) is 12.0 Å². The predicted molar refractivity (Wildman–Crippen MR) is 66.5 cm³/mol. The Hall–Kier alpha value is -0.420. The summed E-state index contributed by atoms with van der Waals surface area (Å²) >= 11 is 3.44. The van der Waals surface area contributed by atoms with Gasteiger partial charge in [-0.1, -0.05) is 34.1 Å². The largest absolute Gasteiger partial charge is 0.395 e. The summed E-state index contributed by atoms with van der Waals surface area (Å²) in [6.07, 6.45) is 0.582. The van der Waals surface area contributed by atoms with E-state index >= 15 is 0 Å². The molecule has 90 valence electrons. The molecule has 0 atom stereocenters. The molecule has 1 aromatic carbocycles. The van der Waals surface area contributed by atoms with Crippen molar-refractivity contribution in [2.24, 2.45) is 0 Å². The molecule has 1 aromatic rings. The molecule has 0 aliphatic carbocycles. The van der Waals surface area contributed by atoms with Gasteiger partial charge in [-0.25, -0.2) is 0 Å². The molecule has 0 saturated heterocycles. The van der Waals surface area contributed by atoms with Crippen molar-refractivity contribution in [3.8, 4) is 0 Å². The number of aliphatic hydroxyl groups is 2. The lowest BCUT2D eigenvalue weighted by molar-refractivity contribution is 0.0790. The minimum atomic E-state index is -0.643. The van der Waals surface area contributed by atoms with Crippen molar-refractivity contribution in [1.82, 2.24) is 0 Å². The Kier molecular flexibility index (Phi) is 5.41. The van der Waals surface area contributed by atoms with Crippen LogP contribution < -0.4 is 0 Å². The summed E-state index contributed by atoms with van der Waals surface area (Å²) in [5.74, 6) is 0. The Morgan fingerprint density at radius 2 is 1.88 bits per heavy atom. The highest BCUT2D eigenvalue weighted by molar-refractivity contribution is 9.10. The topological polar surface area (TPSA) is 49.7 Å². The van der Waals surface area contributed by atoms with Crippen molar-refractivity contribution in [2.45, 2.75) is 11.8 Å². The minimum Gasteiger partial charge on any atom is -0.395 e. The number of benzene rings is 1. The van der Waals surface area contributed by atoms with E-state index in [9.17, 15) is 10.2 Å². The first-order valence-corrected chi connectivity index (χ1v) is 5.95. The van der Waals surface area contributed by atoms with Gasteiger partial charge in [-0.2, -0.15) is 0 Å². The smallest absolute Gasteiger partial charge is 0.0551 e. The van der Waals surface area contributed by atoms with Gasteiger partial charge in [0.15, 0.2) is 0 Å². The van der Waals surface area contributed by atoms with Gasteiger partial charge in [-0.3, -0.25) is 0 Å². The molecular weight excluding hydrogens is 272 g/mol. The summed E-state index contributed by atoms with van der Waals surface area (Å²) in [7, 11) is 1.61. The van der Waals surface area contributed by atoms with Crippen LogP contribution in [0.25, 0.3) is 0 Å². The van der Waals surface area contributed by atoms with Crippen LogP contribution in [-0.4, -0.2) is 37.1 Å². The minimum absolute atomic E-state index is 0.102. The molecule has 0 heterocycles. The normalized spacial score (nSPS) is 11.8. The summed E-state index contributed by atoms with van der Waals surface area (Å²) in [4.78, 5) is 0. The third-order valence-electron chi connectivity index (χ3n) is 2.84. The summed E-state index contributed by atoms with van der Waals surface area (Å²) in [5, 5.41) is 19.1. The van der Waals surface area contributed by atoms with Gasteiger partial charge in [0, 0.05) is 23.6 Å². The lowest BCUT2D eigenvalue weighted by Gasteiger charge is -2.31. The molecule has 0 unspecified atom stereocenters. The summed E-state index contributed by atoms with van der Waals surface area (Å²) < 4.78 is 5.92. The monoisotopic (exact) mass is 288 g/mol. The molecule has 16 heavy (non-hydrogen) atoms. The second-order valence-corrected chi connectivity index (χ2v) is 4.67. The Morgan fingerprint density at radius 1 is 1.25 bits per heavy atom. The van der Waals surface area contributed by atoms with Crippen LogP contribution in [0.2, 0.25) is 0 Å². The molecule has 4 heteroatoms. The van der Waals surface area contributed by atoms with Gasteiger partial charge in [0.2, 0.25) is 0 Å². The number of methoxy groups -OCH3 is 1. The fourth-order valence-electron chi connectivity index (χ4n) is 1.70. The first kappa shape index (κ1) is 13.6. The van der Waals surface area contributed by atoms with Crippen LogP contribution in [0.5, 0.6) is 0 Å². The summed E-state index contributed by atoms with van der Waals surface area (Å²) in [6.45, 7) is 0.299. The molecule has 0 spiro atoms. The van der Waals surface area contributed by atoms with E-state index in [1.165, 1.54) is 0 Å². The summed E-state index contributed by atoms with van der Waals surface area (Å²) in [6, 6.07) is 7.62. The molecule has 0 saturated carbocycles. The highest BCUT2D eigenvalue weighted by Crippen LogP contribution is 2.32. The van der Waals surface area contributed by atoms with Gasteiger partial charge >= 0.3 is 0 Å². The zero-order chi connectivity index (χ0) is 12.0. The van der Waals surface area contributed by atoms with Gasteiger partial charge in [0.25, 0.3) is 0 Å². The Bertz CT molecular complexity index is 324. The molecule has 3 nitrogen and oxygen atoms in total. The third-order valence-corrected chi connectivity index (χ3v) is 3.53. The third kappa shape index (κ3) is 2.83. The van der Waals surface area contributed by atoms with E-state index in [1.54, 1.807) is 7.11 Å².